The summed E-state index contributed by atoms with van der Waals surface area (Å²) in [7, 11) is 0. The molecule has 2 aromatic carbocycles. The number of fused-ring (bicyclic) bond motifs is 1. The second-order valence-electron chi connectivity index (χ2n) is 6.73. The molecule has 0 aliphatic heterocycles. The molecule has 1 atom stereocenters. The average Bonchev–Trinajstić information content (AvgIpc) is 2.60. The number of carbonyl (C=O) groups is 1. The minimum atomic E-state index is -4.37. The summed E-state index contributed by atoms with van der Waals surface area (Å²) in [5.41, 5.74) is 3.85. The van der Waals surface area contributed by atoms with Gasteiger partial charge in [-0.2, -0.15) is 13.2 Å². The van der Waals surface area contributed by atoms with E-state index in [1.54, 1.807) is 19.1 Å². The molecular weight excluding hydrogens is 355 g/mol. The Labute approximate surface area is 155 Å². The smallest absolute Gasteiger partial charge is 0.388 e. The Hall–Kier alpha value is -2.60. The summed E-state index contributed by atoms with van der Waals surface area (Å²) in [6.07, 6.45) is -1.20. The van der Waals surface area contributed by atoms with Crippen LogP contribution < -0.4 is 5.32 Å². The fourth-order valence-corrected chi connectivity index (χ4v) is 3.29. The zero-order valence-electron chi connectivity index (χ0n) is 14.8. The minimum absolute atomic E-state index is 0.167. The van der Waals surface area contributed by atoms with Crippen LogP contribution in [0, 0.1) is 6.92 Å². The normalized spacial score (nSPS) is 17.0. The van der Waals surface area contributed by atoms with E-state index in [0.717, 1.165) is 30.0 Å². The Morgan fingerprint density at radius 1 is 1.22 bits per heavy atom. The lowest BCUT2D eigenvalue weighted by atomic mass is 9.89. The molecule has 142 valence electrons. The van der Waals surface area contributed by atoms with Crippen LogP contribution in [0.5, 0.6) is 0 Å². The summed E-state index contributed by atoms with van der Waals surface area (Å²) in [5.74, 6) is -0.343. The third-order valence-electron chi connectivity index (χ3n) is 4.65. The molecule has 0 heterocycles. The van der Waals surface area contributed by atoms with Crippen molar-refractivity contribution in [2.75, 3.05) is 5.32 Å². The lowest BCUT2D eigenvalue weighted by Gasteiger charge is -2.22. The van der Waals surface area contributed by atoms with Crippen LogP contribution >= 0.6 is 0 Å². The maximum absolute atomic E-state index is 12.5. The van der Waals surface area contributed by atoms with Crippen molar-refractivity contribution in [3.8, 4) is 0 Å². The number of allylic oxidation sites excluding steroid dienone is 1. The van der Waals surface area contributed by atoms with Crippen molar-refractivity contribution in [3.63, 3.8) is 0 Å². The van der Waals surface area contributed by atoms with Gasteiger partial charge in [0.15, 0.2) is 0 Å². The van der Waals surface area contributed by atoms with Crippen LogP contribution in [0.1, 0.15) is 51.6 Å². The summed E-state index contributed by atoms with van der Waals surface area (Å²) in [6.45, 7) is 1.68. The first-order chi connectivity index (χ1) is 12.7. The number of alkyl halides is 3. The predicted octanol–water partition coefficient (Wildman–Crippen LogP) is 5.19. The summed E-state index contributed by atoms with van der Waals surface area (Å²) in [6, 6.07) is 10.0. The number of aryl methyl sites for hydroxylation is 2. The van der Waals surface area contributed by atoms with Gasteiger partial charge in [-0.1, -0.05) is 24.3 Å². The van der Waals surface area contributed by atoms with E-state index >= 15 is 0 Å². The van der Waals surface area contributed by atoms with E-state index in [9.17, 15) is 23.1 Å². The van der Waals surface area contributed by atoms with E-state index in [4.69, 9.17) is 0 Å². The zero-order chi connectivity index (χ0) is 19.6. The number of amides is 1. The molecule has 0 saturated carbocycles. The monoisotopic (exact) mass is 375 g/mol. The summed E-state index contributed by atoms with van der Waals surface area (Å²) < 4.78 is 36.8. The van der Waals surface area contributed by atoms with Crippen molar-refractivity contribution in [2.45, 2.75) is 38.5 Å². The first kappa shape index (κ1) is 19.2. The predicted molar refractivity (Wildman–Crippen MR) is 98.6 cm³/mol. The maximum atomic E-state index is 12.5. The number of halogens is 3. The Bertz CT molecular complexity index is 887. The molecule has 27 heavy (non-hydrogen) atoms. The van der Waals surface area contributed by atoms with Crippen LogP contribution in [0.2, 0.25) is 0 Å². The molecule has 1 aliphatic rings. The summed E-state index contributed by atoms with van der Waals surface area (Å²) in [5, 5.41) is 12.9. The van der Waals surface area contributed by atoms with Crippen LogP contribution in [-0.2, 0) is 6.42 Å². The van der Waals surface area contributed by atoms with Gasteiger partial charge >= 0.3 is 6.18 Å². The van der Waals surface area contributed by atoms with Gasteiger partial charge < -0.3 is 10.4 Å². The highest BCUT2D eigenvalue weighted by Crippen LogP contribution is 2.31. The number of aliphatic hydroxyl groups excluding tert-OH is 1. The number of hydrogen-bond acceptors (Lipinski definition) is 2. The number of hydrogen-bond donors (Lipinski definition) is 2. The Morgan fingerprint density at radius 3 is 2.70 bits per heavy atom. The van der Waals surface area contributed by atoms with Gasteiger partial charge in [-0.3, -0.25) is 4.79 Å². The van der Waals surface area contributed by atoms with E-state index < -0.39 is 12.3 Å². The molecule has 2 aromatic rings. The van der Waals surface area contributed by atoms with Crippen molar-refractivity contribution in [2.24, 2.45) is 0 Å². The van der Waals surface area contributed by atoms with Gasteiger partial charge in [0.25, 0.3) is 5.91 Å². The molecule has 0 radical (unpaired) electrons. The first-order valence-corrected chi connectivity index (χ1v) is 8.72. The van der Waals surface area contributed by atoms with Crippen LogP contribution in [0.3, 0.4) is 0 Å². The van der Waals surface area contributed by atoms with Gasteiger partial charge in [-0.15, -0.1) is 0 Å². The standard InChI is InChI=1S/C21H20F3NO2/c1-13-11-14(9-10-21(22,23)24)5-8-17(13)20(27)25-16-7-6-15-3-2-4-19(26)18(15)12-16/h5-12,19,26H,2-4H2,1H3,(H,25,27). The van der Waals surface area contributed by atoms with E-state index in [-0.39, 0.29) is 12.0 Å². The van der Waals surface area contributed by atoms with Crippen molar-refractivity contribution >= 4 is 17.7 Å². The Morgan fingerprint density at radius 2 is 2.00 bits per heavy atom. The van der Waals surface area contributed by atoms with Crippen LogP contribution in [0.15, 0.2) is 42.5 Å². The van der Waals surface area contributed by atoms with Gasteiger partial charge in [0.05, 0.1) is 6.10 Å². The van der Waals surface area contributed by atoms with E-state index in [1.165, 1.54) is 18.2 Å². The number of aliphatic hydroxyl groups is 1. The third-order valence-corrected chi connectivity index (χ3v) is 4.65. The third kappa shape index (κ3) is 4.77. The van der Waals surface area contributed by atoms with Gasteiger partial charge in [0.1, 0.15) is 0 Å². The maximum Gasteiger partial charge on any atom is 0.409 e. The highest BCUT2D eigenvalue weighted by molar-refractivity contribution is 6.05. The molecule has 0 fully saturated rings. The van der Waals surface area contributed by atoms with Gasteiger partial charge in [-0.05, 0) is 66.6 Å². The lowest BCUT2D eigenvalue weighted by molar-refractivity contribution is -0.0790. The first-order valence-electron chi connectivity index (χ1n) is 8.72. The van der Waals surface area contributed by atoms with Gasteiger partial charge in [-0.25, -0.2) is 0 Å². The summed E-state index contributed by atoms with van der Waals surface area (Å²) in [4.78, 5) is 12.5. The fraction of sp³-hybridized carbons (Fsp3) is 0.286. The number of carbonyl (C=O) groups excluding carboxylic acids is 1. The van der Waals surface area contributed by atoms with Crippen molar-refractivity contribution < 1.29 is 23.1 Å². The summed E-state index contributed by atoms with van der Waals surface area (Å²) >= 11 is 0. The molecule has 6 heteroatoms. The number of anilines is 1. The Kier molecular flexibility index (Phi) is 5.37. The highest BCUT2D eigenvalue weighted by atomic mass is 19.4. The Balaban J connectivity index is 1.77. The van der Waals surface area contributed by atoms with Crippen LogP contribution in [0.4, 0.5) is 18.9 Å². The van der Waals surface area contributed by atoms with Crippen molar-refractivity contribution in [1.82, 2.24) is 0 Å². The van der Waals surface area contributed by atoms with E-state index in [1.807, 2.05) is 6.07 Å². The molecule has 0 saturated heterocycles. The zero-order valence-corrected chi connectivity index (χ0v) is 14.8. The highest BCUT2D eigenvalue weighted by Gasteiger charge is 2.22. The molecule has 3 rings (SSSR count). The largest absolute Gasteiger partial charge is 0.409 e. The molecule has 0 bridgehead atoms. The van der Waals surface area contributed by atoms with Crippen LogP contribution in [0.25, 0.3) is 6.08 Å². The molecule has 0 aromatic heterocycles. The van der Waals surface area contributed by atoms with E-state index in [0.29, 0.717) is 28.8 Å². The lowest BCUT2D eigenvalue weighted by Crippen LogP contribution is -2.15. The average molecular weight is 375 g/mol. The number of benzene rings is 2. The van der Waals surface area contributed by atoms with E-state index in [2.05, 4.69) is 5.32 Å². The molecule has 3 nitrogen and oxygen atoms in total. The van der Waals surface area contributed by atoms with Crippen molar-refractivity contribution in [1.29, 1.82) is 0 Å². The number of nitrogens with one attached hydrogen (secondary N) is 1. The van der Waals surface area contributed by atoms with Crippen molar-refractivity contribution in [3.05, 3.63) is 70.3 Å². The molecule has 1 unspecified atom stereocenters. The molecule has 1 amide bonds. The second-order valence-corrected chi connectivity index (χ2v) is 6.73. The van der Waals surface area contributed by atoms with Gasteiger partial charge in [0, 0.05) is 17.3 Å². The fourth-order valence-electron chi connectivity index (χ4n) is 3.29. The molecule has 1 aliphatic carbocycles. The van der Waals surface area contributed by atoms with Gasteiger partial charge in [0.2, 0.25) is 0 Å². The quantitative estimate of drug-likeness (QED) is 0.775. The number of rotatable bonds is 3. The topological polar surface area (TPSA) is 49.3 Å². The molecular formula is C21H20F3NO2. The molecule has 2 N–H and O–H groups in total. The second kappa shape index (κ2) is 7.56. The molecule has 0 spiro atoms. The SMILES string of the molecule is Cc1cc(C=CC(F)(F)F)ccc1C(=O)Nc1ccc2c(c1)C(O)CCC2. The van der Waals surface area contributed by atoms with Crippen LogP contribution in [-0.4, -0.2) is 17.2 Å². The minimum Gasteiger partial charge on any atom is -0.388 e.